The van der Waals surface area contributed by atoms with Gasteiger partial charge < -0.3 is 20.1 Å². The number of benzene rings is 1. The fraction of sp³-hybridized carbons (Fsp3) is 0.625. The molecule has 1 aliphatic heterocycles. The second-order valence-electron chi connectivity index (χ2n) is 5.93. The third kappa shape index (κ3) is 4.60. The first-order valence-electron chi connectivity index (χ1n) is 7.50. The molecule has 0 saturated carbocycles. The Morgan fingerprint density at radius 2 is 1.74 bits per heavy atom. The molecule has 5 atom stereocenters. The monoisotopic (exact) mass is 376 g/mol. The molecule has 1 aromatic carbocycles. The number of hydrogen-bond donors (Lipinski definition) is 4. The average molecular weight is 377 g/mol. The molecular weight excluding hydrogens is 352 g/mol. The second kappa shape index (κ2) is 8.47. The lowest BCUT2D eigenvalue weighted by molar-refractivity contribution is -0.152. The molecule has 1 saturated heterocycles. The molecule has 0 unspecified atom stereocenters. The summed E-state index contributed by atoms with van der Waals surface area (Å²) in [6.45, 7) is 5.99. The molecule has 0 radical (unpaired) electrons. The summed E-state index contributed by atoms with van der Waals surface area (Å²) in [6.07, 6.45) is -2.88. The Kier molecular flexibility index (Phi) is 7.16. The Morgan fingerprint density at radius 3 is 2.30 bits per heavy atom. The topological polar surface area (TPSA) is 69.9 Å². The maximum Gasteiger partial charge on any atom is 0.127 e. The van der Waals surface area contributed by atoms with Crippen LogP contribution >= 0.6 is 34.2 Å². The first kappa shape index (κ1) is 19.4. The van der Waals surface area contributed by atoms with Gasteiger partial charge in [0.1, 0.15) is 17.6 Å². The van der Waals surface area contributed by atoms with Crippen molar-refractivity contribution in [2.75, 3.05) is 6.61 Å². The van der Waals surface area contributed by atoms with Gasteiger partial charge in [0.2, 0.25) is 0 Å². The standard InChI is InChI=1S/C16H24O4S3/c1-8-4-9(2)11(10(3)5-8)7-22-23-16-15(21)14(19)13(18)12(6-17)20-16/h4-5,12-19,21H,6-7H2,1-3H3/t12-,13+,14+,15-,16+/m1/s1. The first-order chi connectivity index (χ1) is 10.8. The summed E-state index contributed by atoms with van der Waals surface area (Å²) in [4.78, 5) is 0. The first-order valence-corrected chi connectivity index (χ1v) is 10.4. The van der Waals surface area contributed by atoms with Crippen molar-refractivity contribution in [3.05, 3.63) is 34.4 Å². The van der Waals surface area contributed by atoms with Crippen LogP contribution in [0.3, 0.4) is 0 Å². The zero-order valence-electron chi connectivity index (χ0n) is 13.5. The summed E-state index contributed by atoms with van der Waals surface area (Å²) in [6, 6.07) is 4.35. The molecule has 2 rings (SSSR count). The van der Waals surface area contributed by atoms with Crippen LogP contribution in [0.5, 0.6) is 0 Å². The predicted molar refractivity (Wildman–Crippen MR) is 100 cm³/mol. The molecule has 0 amide bonds. The minimum atomic E-state index is -1.11. The molecule has 0 aliphatic carbocycles. The van der Waals surface area contributed by atoms with Crippen LogP contribution in [0.15, 0.2) is 12.1 Å². The molecule has 0 bridgehead atoms. The van der Waals surface area contributed by atoms with Gasteiger partial charge in [-0.15, -0.1) is 0 Å². The number of aliphatic hydroxyl groups is 3. The smallest absolute Gasteiger partial charge is 0.127 e. The van der Waals surface area contributed by atoms with Crippen molar-refractivity contribution in [1.29, 1.82) is 0 Å². The van der Waals surface area contributed by atoms with Crippen LogP contribution in [-0.2, 0) is 10.5 Å². The Morgan fingerprint density at radius 1 is 1.13 bits per heavy atom. The molecule has 0 aromatic heterocycles. The van der Waals surface area contributed by atoms with Gasteiger partial charge in [-0.25, -0.2) is 0 Å². The van der Waals surface area contributed by atoms with E-state index in [4.69, 9.17) is 4.74 Å². The van der Waals surface area contributed by atoms with Gasteiger partial charge in [-0.3, -0.25) is 0 Å². The van der Waals surface area contributed by atoms with Crippen LogP contribution in [0.2, 0.25) is 0 Å². The van der Waals surface area contributed by atoms with Gasteiger partial charge in [0.05, 0.1) is 18.0 Å². The zero-order chi connectivity index (χ0) is 17.1. The van der Waals surface area contributed by atoms with Crippen molar-refractivity contribution in [3.8, 4) is 0 Å². The highest BCUT2D eigenvalue weighted by atomic mass is 33.1. The Balaban J connectivity index is 1.96. The molecule has 1 heterocycles. The molecule has 23 heavy (non-hydrogen) atoms. The highest BCUT2D eigenvalue weighted by Crippen LogP contribution is 2.39. The van der Waals surface area contributed by atoms with Crippen molar-refractivity contribution in [1.82, 2.24) is 0 Å². The summed E-state index contributed by atoms with van der Waals surface area (Å²) in [5.74, 6) is 0.825. The summed E-state index contributed by atoms with van der Waals surface area (Å²) in [7, 11) is 3.12. The van der Waals surface area contributed by atoms with Crippen LogP contribution < -0.4 is 0 Å². The maximum atomic E-state index is 10.0. The van der Waals surface area contributed by atoms with E-state index in [1.165, 1.54) is 33.0 Å². The van der Waals surface area contributed by atoms with Crippen LogP contribution in [-0.4, -0.2) is 50.9 Å². The third-order valence-corrected chi connectivity index (χ3v) is 7.30. The SMILES string of the molecule is Cc1cc(C)c(CSS[C@@H]2O[C@H](CO)[C@H](O)[C@H](O)[C@H]2S)c(C)c1. The third-order valence-electron chi connectivity index (χ3n) is 4.05. The molecule has 1 fully saturated rings. The van der Waals surface area contributed by atoms with Gasteiger partial charge in [0.15, 0.2) is 0 Å². The van der Waals surface area contributed by atoms with E-state index in [9.17, 15) is 15.3 Å². The number of aryl methyl sites for hydroxylation is 3. The van der Waals surface area contributed by atoms with E-state index in [-0.39, 0.29) is 12.0 Å². The van der Waals surface area contributed by atoms with Gasteiger partial charge in [-0.05, 0) is 37.5 Å². The lowest BCUT2D eigenvalue weighted by Crippen LogP contribution is -2.55. The minimum Gasteiger partial charge on any atom is -0.394 e. The van der Waals surface area contributed by atoms with Crippen LogP contribution in [0, 0.1) is 20.8 Å². The maximum absolute atomic E-state index is 10.0. The molecule has 4 nitrogen and oxygen atoms in total. The van der Waals surface area contributed by atoms with Gasteiger partial charge in [-0.2, -0.15) is 12.6 Å². The number of ether oxygens (including phenoxy) is 1. The molecule has 3 N–H and O–H groups in total. The predicted octanol–water partition coefficient (Wildman–Crippen LogP) is 2.23. The van der Waals surface area contributed by atoms with Crippen molar-refractivity contribution in [2.24, 2.45) is 0 Å². The summed E-state index contributed by atoms with van der Waals surface area (Å²) in [5, 5.41) is 28.6. The second-order valence-corrected chi connectivity index (χ2v) is 9.00. The fourth-order valence-electron chi connectivity index (χ4n) is 2.74. The van der Waals surface area contributed by atoms with Gasteiger partial charge in [0, 0.05) is 5.75 Å². The highest BCUT2D eigenvalue weighted by molar-refractivity contribution is 8.76. The molecule has 130 valence electrons. The fourth-order valence-corrected chi connectivity index (χ4v) is 6.11. The Hall–Kier alpha value is 0.110. The molecule has 7 heteroatoms. The summed E-state index contributed by atoms with van der Waals surface area (Å²) in [5.41, 5.74) is 4.72. The molecular formula is C16H24O4S3. The van der Waals surface area contributed by atoms with E-state index in [0.29, 0.717) is 0 Å². The lowest BCUT2D eigenvalue weighted by atomic mass is 10.0. The van der Waals surface area contributed by atoms with Gasteiger partial charge in [-0.1, -0.05) is 39.3 Å². The van der Waals surface area contributed by atoms with Crippen LogP contribution in [0.1, 0.15) is 22.3 Å². The molecule has 1 aromatic rings. The number of rotatable bonds is 5. The van der Waals surface area contributed by atoms with E-state index < -0.39 is 23.6 Å². The average Bonchev–Trinajstić information content (AvgIpc) is 2.49. The number of aliphatic hydroxyl groups excluding tert-OH is 3. The quantitative estimate of drug-likeness (QED) is 0.467. The van der Waals surface area contributed by atoms with Crippen molar-refractivity contribution >= 4 is 34.2 Å². The van der Waals surface area contributed by atoms with Crippen molar-refractivity contribution in [2.45, 2.75) is 55.5 Å². The minimum absolute atomic E-state index is 0.323. The van der Waals surface area contributed by atoms with E-state index in [1.807, 2.05) is 0 Å². The molecule has 0 spiro atoms. The number of hydrogen-bond acceptors (Lipinski definition) is 7. The van der Waals surface area contributed by atoms with Crippen molar-refractivity contribution in [3.63, 3.8) is 0 Å². The van der Waals surface area contributed by atoms with Crippen LogP contribution in [0.4, 0.5) is 0 Å². The zero-order valence-corrected chi connectivity index (χ0v) is 16.0. The van der Waals surface area contributed by atoms with Crippen LogP contribution in [0.25, 0.3) is 0 Å². The van der Waals surface area contributed by atoms with E-state index in [0.717, 1.165) is 5.75 Å². The van der Waals surface area contributed by atoms with Gasteiger partial charge in [0.25, 0.3) is 0 Å². The van der Waals surface area contributed by atoms with E-state index in [1.54, 1.807) is 10.8 Å². The Labute approximate surface area is 150 Å². The summed E-state index contributed by atoms with van der Waals surface area (Å²) >= 11 is 4.35. The largest absolute Gasteiger partial charge is 0.394 e. The van der Waals surface area contributed by atoms with E-state index >= 15 is 0 Å². The number of thiol groups is 1. The Bertz CT molecular complexity index is 515. The normalized spacial score (nSPS) is 31.3. The van der Waals surface area contributed by atoms with Crippen molar-refractivity contribution < 1.29 is 20.1 Å². The van der Waals surface area contributed by atoms with Gasteiger partial charge >= 0.3 is 0 Å². The van der Waals surface area contributed by atoms with E-state index in [2.05, 4.69) is 45.5 Å². The molecule has 1 aliphatic rings. The lowest BCUT2D eigenvalue weighted by Gasteiger charge is -2.39. The highest BCUT2D eigenvalue weighted by Gasteiger charge is 2.42. The summed E-state index contributed by atoms with van der Waals surface area (Å²) < 4.78 is 5.65.